The normalized spacial score (nSPS) is 15.6. The maximum atomic E-state index is 5.95. The lowest BCUT2D eigenvalue weighted by Gasteiger charge is -2.17. The summed E-state index contributed by atoms with van der Waals surface area (Å²) in [5.74, 6) is 0. The summed E-state index contributed by atoms with van der Waals surface area (Å²) in [6.45, 7) is 4.07. The van der Waals surface area contributed by atoms with Crippen molar-refractivity contribution in [1.29, 1.82) is 0 Å². The molecular formula is C7H12ClN3S. The number of nitrogens with one attached hydrogen (secondary N) is 1. The predicted octanol–water partition coefficient (Wildman–Crippen LogP) is 2.36. The molecule has 1 heterocycles. The van der Waals surface area contributed by atoms with Crippen molar-refractivity contribution in [2.75, 3.05) is 5.32 Å². The molecule has 0 bridgehead atoms. The molecule has 12 heavy (non-hydrogen) atoms. The standard InChI is InChI=1S/C7H12ClN3S/c1-3-6(5(2)8)11-7-9-4-10-12-7/h4-6H,3H2,1-2H3,(H,9,10,11). The first-order valence-corrected chi connectivity index (χ1v) is 5.12. The number of nitrogens with zero attached hydrogens (tertiary/aromatic N) is 2. The van der Waals surface area contributed by atoms with Crippen molar-refractivity contribution in [3.63, 3.8) is 0 Å². The topological polar surface area (TPSA) is 37.8 Å². The molecule has 0 aliphatic heterocycles. The van der Waals surface area contributed by atoms with Crippen molar-refractivity contribution in [2.24, 2.45) is 0 Å². The molecule has 2 unspecified atom stereocenters. The van der Waals surface area contributed by atoms with E-state index in [1.165, 1.54) is 11.5 Å². The van der Waals surface area contributed by atoms with Gasteiger partial charge in [-0.3, -0.25) is 0 Å². The third kappa shape index (κ3) is 2.60. The monoisotopic (exact) mass is 205 g/mol. The van der Waals surface area contributed by atoms with Gasteiger partial charge in [0.1, 0.15) is 6.33 Å². The molecule has 0 aliphatic rings. The van der Waals surface area contributed by atoms with Gasteiger partial charge in [0.15, 0.2) is 0 Å². The molecule has 0 spiro atoms. The third-order valence-electron chi connectivity index (χ3n) is 1.66. The Bertz CT molecular complexity index is 212. The van der Waals surface area contributed by atoms with E-state index >= 15 is 0 Å². The van der Waals surface area contributed by atoms with E-state index in [-0.39, 0.29) is 11.4 Å². The van der Waals surface area contributed by atoms with Gasteiger partial charge in [-0.15, -0.1) is 11.6 Å². The van der Waals surface area contributed by atoms with Gasteiger partial charge >= 0.3 is 0 Å². The Hall–Kier alpha value is -0.350. The number of hydrogen-bond donors (Lipinski definition) is 1. The van der Waals surface area contributed by atoms with Crippen LogP contribution in [0.3, 0.4) is 0 Å². The lowest BCUT2D eigenvalue weighted by molar-refractivity contribution is 0.678. The second-order valence-corrected chi connectivity index (χ2v) is 4.05. The van der Waals surface area contributed by atoms with Crippen LogP contribution in [-0.2, 0) is 0 Å². The molecule has 0 amide bonds. The molecule has 2 atom stereocenters. The predicted molar refractivity (Wildman–Crippen MR) is 52.9 cm³/mol. The average molecular weight is 206 g/mol. The van der Waals surface area contributed by atoms with E-state index in [1.807, 2.05) is 6.92 Å². The molecule has 68 valence electrons. The first-order valence-electron chi connectivity index (χ1n) is 3.91. The minimum atomic E-state index is 0.110. The van der Waals surface area contributed by atoms with E-state index in [0.29, 0.717) is 0 Å². The first kappa shape index (κ1) is 9.74. The van der Waals surface area contributed by atoms with Crippen molar-refractivity contribution >= 4 is 28.3 Å². The summed E-state index contributed by atoms with van der Waals surface area (Å²) in [6, 6.07) is 0.277. The summed E-state index contributed by atoms with van der Waals surface area (Å²) in [6.07, 6.45) is 2.53. The summed E-state index contributed by atoms with van der Waals surface area (Å²) in [4.78, 5) is 4.02. The highest BCUT2D eigenvalue weighted by Gasteiger charge is 2.13. The maximum Gasteiger partial charge on any atom is 0.202 e. The number of anilines is 1. The van der Waals surface area contributed by atoms with Gasteiger partial charge in [0.25, 0.3) is 0 Å². The minimum absolute atomic E-state index is 0.110. The largest absolute Gasteiger partial charge is 0.356 e. The summed E-state index contributed by atoms with van der Waals surface area (Å²) in [5.41, 5.74) is 0. The van der Waals surface area contributed by atoms with Crippen LogP contribution >= 0.6 is 23.1 Å². The van der Waals surface area contributed by atoms with Crippen molar-refractivity contribution in [3.05, 3.63) is 6.33 Å². The van der Waals surface area contributed by atoms with E-state index in [1.54, 1.807) is 6.33 Å². The van der Waals surface area contributed by atoms with Crippen LogP contribution in [0.4, 0.5) is 5.13 Å². The molecule has 1 rings (SSSR count). The molecule has 1 aromatic heterocycles. The first-order chi connectivity index (χ1) is 5.74. The SMILES string of the molecule is CCC(Nc1ncns1)C(C)Cl. The van der Waals surface area contributed by atoms with E-state index in [2.05, 4.69) is 21.6 Å². The Kier molecular flexibility index (Phi) is 3.75. The fourth-order valence-electron chi connectivity index (χ4n) is 0.937. The number of hydrogen-bond acceptors (Lipinski definition) is 4. The van der Waals surface area contributed by atoms with Gasteiger partial charge in [0.05, 0.1) is 5.38 Å². The van der Waals surface area contributed by atoms with Gasteiger partial charge in [-0.1, -0.05) is 6.92 Å². The molecule has 1 aromatic rings. The van der Waals surface area contributed by atoms with Crippen LogP contribution in [0, 0.1) is 0 Å². The molecule has 0 saturated carbocycles. The quantitative estimate of drug-likeness (QED) is 0.767. The highest BCUT2D eigenvalue weighted by atomic mass is 35.5. The summed E-state index contributed by atoms with van der Waals surface area (Å²) in [7, 11) is 0. The van der Waals surface area contributed by atoms with Crippen molar-refractivity contribution < 1.29 is 0 Å². The molecule has 0 radical (unpaired) electrons. The lowest BCUT2D eigenvalue weighted by Crippen LogP contribution is -2.26. The zero-order valence-electron chi connectivity index (χ0n) is 7.12. The maximum absolute atomic E-state index is 5.95. The molecule has 0 aromatic carbocycles. The third-order valence-corrected chi connectivity index (χ3v) is 2.56. The second-order valence-electron chi connectivity index (χ2n) is 2.58. The Balaban J connectivity index is 2.48. The van der Waals surface area contributed by atoms with Crippen LogP contribution in [-0.4, -0.2) is 20.8 Å². The van der Waals surface area contributed by atoms with Crippen LogP contribution in [0.5, 0.6) is 0 Å². The summed E-state index contributed by atoms with van der Waals surface area (Å²) >= 11 is 7.31. The zero-order valence-corrected chi connectivity index (χ0v) is 8.69. The average Bonchev–Trinajstić information content (AvgIpc) is 2.51. The molecule has 0 fully saturated rings. The van der Waals surface area contributed by atoms with Gasteiger partial charge < -0.3 is 5.32 Å². The van der Waals surface area contributed by atoms with Gasteiger partial charge in [-0.25, -0.2) is 4.98 Å². The Morgan fingerprint density at radius 1 is 1.75 bits per heavy atom. The van der Waals surface area contributed by atoms with E-state index in [9.17, 15) is 0 Å². The molecule has 1 N–H and O–H groups in total. The molecule has 5 heteroatoms. The van der Waals surface area contributed by atoms with E-state index in [0.717, 1.165) is 11.6 Å². The van der Waals surface area contributed by atoms with Crippen LogP contribution in [0.15, 0.2) is 6.33 Å². The molecule has 0 saturated heterocycles. The molecule has 3 nitrogen and oxygen atoms in total. The van der Waals surface area contributed by atoms with Gasteiger partial charge in [-0.2, -0.15) is 4.37 Å². The van der Waals surface area contributed by atoms with E-state index in [4.69, 9.17) is 11.6 Å². The Morgan fingerprint density at radius 3 is 2.92 bits per heavy atom. The smallest absolute Gasteiger partial charge is 0.202 e. The fourth-order valence-corrected chi connectivity index (χ4v) is 1.67. The van der Waals surface area contributed by atoms with E-state index < -0.39 is 0 Å². The second kappa shape index (κ2) is 4.62. The number of alkyl halides is 1. The lowest BCUT2D eigenvalue weighted by atomic mass is 10.2. The Labute approximate surface area is 81.3 Å². The summed E-state index contributed by atoms with van der Waals surface area (Å²) in [5, 5.41) is 4.17. The van der Waals surface area contributed by atoms with Crippen LogP contribution in [0.2, 0.25) is 0 Å². The van der Waals surface area contributed by atoms with Crippen molar-refractivity contribution in [3.8, 4) is 0 Å². The fraction of sp³-hybridized carbons (Fsp3) is 0.714. The summed E-state index contributed by atoms with van der Waals surface area (Å²) < 4.78 is 3.89. The van der Waals surface area contributed by atoms with Crippen molar-refractivity contribution in [2.45, 2.75) is 31.7 Å². The molecular weight excluding hydrogens is 194 g/mol. The van der Waals surface area contributed by atoms with Gasteiger partial charge in [0.2, 0.25) is 5.13 Å². The number of aromatic nitrogens is 2. The van der Waals surface area contributed by atoms with Crippen LogP contribution in [0.25, 0.3) is 0 Å². The van der Waals surface area contributed by atoms with Crippen LogP contribution < -0.4 is 5.32 Å². The highest BCUT2D eigenvalue weighted by Crippen LogP contribution is 2.14. The van der Waals surface area contributed by atoms with Gasteiger partial charge in [0, 0.05) is 17.6 Å². The Morgan fingerprint density at radius 2 is 2.50 bits per heavy atom. The van der Waals surface area contributed by atoms with Crippen molar-refractivity contribution in [1.82, 2.24) is 9.36 Å². The number of halogens is 1. The molecule has 0 aliphatic carbocycles. The highest BCUT2D eigenvalue weighted by molar-refractivity contribution is 7.09. The number of rotatable bonds is 4. The minimum Gasteiger partial charge on any atom is -0.356 e. The van der Waals surface area contributed by atoms with Gasteiger partial charge in [-0.05, 0) is 13.3 Å². The van der Waals surface area contributed by atoms with Crippen LogP contribution in [0.1, 0.15) is 20.3 Å². The zero-order chi connectivity index (χ0) is 8.97.